The molecule has 0 bridgehead atoms. The van der Waals surface area contributed by atoms with Crippen molar-refractivity contribution in [2.45, 2.75) is 56.0 Å². The summed E-state index contributed by atoms with van der Waals surface area (Å²) in [6.45, 7) is 1.43. The third-order valence-corrected chi connectivity index (χ3v) is 5.02. The van der Waals surface area contributed by atoms with Gasteiger partial charge in [0.05, 0.1) is 0 Å². The van der Waals surface area contributed by atoms with E-state index in [0.717, 1.165) is 19.2 Å². The Hall–Kier alpha value is -2.39. The molecule has 1 saturated heterocycles. The zero-order chi connectivity index (χ0) is 21.2. The number of hydrogen-bond acceptors (Lipinski definition) is 6. The highest BCUT2D eigenvalue weighted by Crippen LogP contribution is 2.43. The van der Waals surface area contributed by atoms with Crippen LogP contribution in [0.4, 0.5) is 13.2 Å². The Bertz CT molecular complexity index is 778. The molecule has 0 radical (unpaired) electrons. The van der Waals surface area contributed by atoms with Crippen molar-refractivity contribution in [3.63, 3.8) is 0 Å². The lowest BCUT2D eigenvalue weighted by Crippen LogP contribution is -2.53. The Kier molecular flexibility index (Phi) is 6.00. The van der Waals surface area contributed by atoms with E-state index in [1.54, 1.807) is 12.2 Å². The first-order chi connectivity index (χ1) is 13.7. The molecule has 0 N–H and O–H groups in total. The Balaban J connectivity index is 1.73. The fraction of sp³-hybridized carbons (Fsp3) is 0.500. The minimum Gasteiger partial charge on any atom is -0.459 e. The highest BCUT2D eigenvalue weighted by molar-refractivity contribution is 5.83. The maximum absolute atomic E-state index is 13.9. The molecular formula is C20H21F3O6. The van der Waals surface area contributed by atoms with E-state index in [2.05, 4.69) is 0 Å². The lowest BCUT2D eigenvalue weighted by molar-refractivity contribution is -0.279. The van der Waals surface area contributed by atoms with Gasteiger partial charge in [-0.3, -0.25) is 4.79 Å². The van der Waals surface area contributed by atoms with Crippen LogP contribution in [0.25, 0.3) is 0 Å². The molecule has 158 valence electrons. The lowest BCUT2D eigenvalue weighted by Gasteiger charge is -2.34. The number of hydrogen-bond donors (Lipinski definition) is 0. The van der Waals surface area contributed by atoms with Gasteiger partial charge in [0, 0.05) is 19.1 Å². The number of esters is 2. The quantitative estimate of drug-likeness (QED) is 0.526. The average Bonchev–Trinajstić information content (AvgIpc) is 3.31. The number of benzene rings is 1. The summed E-state index contributed by atoms with van der Waals surface area (Å²) >= 11 is 0. The molecule has 1 aromatic carbocycles. The first-order valence-electron chi connectivity index (χ1n) is 9.11. The smallest absolute Gasteiger partial charge is 0.432 e. The molecule has 0 aromatic heterocycles. The summed E-state index contributed by atoms with van der Waals surface area (Å²) in [6.07, 6.45) is -3.82. The molecule has 1 unspecified atom stereocenters. The van der Waals surface area contributed by atoms with Crippen LogP contribution in [-0.2, 0) is 34.1 Å². The monoisotopic (exact) mass is 414 g/mol. The van der Waals surface area contributed by atoms with Crippen molar-refractivity contribution >= 4 is 11.9 Å². The summed E-state index contributed by atoms with van der Waals surface area (Å²) in [6, 6.07) is 6.59. The van der Waals surface area contributed by atoms with Gasteiger partial charge < -0.3 is 18.9 Å². The highest BCUT2D eigenvalue weighted by atomic mass is 19.4. The van der Waals surface area contributed by atoms with Gasteiger partial charge in [-0.1, -0.05) is 42.5 Å². The first-order valence-corrected chi connectivity index (χ1v) is 9.11. The van der Waals surface area contributed by atoms with Gasteiger partial charge in [-0.25, -0.2) is 4.79 Å². The molecule has 0 aliphatic carbocycles. The van der Waals surface area contributed by atoms with Crippen LogP contribution in [0.1, 0.15) is 25.3 Å². The summed E-state index contributed by atoms with van der Waals surface area (Å²) < 4.78 is 62.5. The van der Waals surface area contributed by atoms with Gasteiger partial charge in [0.25, 0.3) is 5.60 Å². The zero-order valence-corrected chi connectivity index (χ0v) is 15.8. The van der Waals surface area contributed by atoms with Crippen molar-refractivity contribution in [2.24, 2.45) is 0 Å². The molecule has 29 heavy (non-hydrogen) atoms. The van der Waals surface area contributed by atoms with Gasteiger partial charge >= 0.3 is 18.1 Å². The molecule has 2 aliphatic rings. The van der Waals surface area contributed by atoms with Crippen molar-refractivity contribution in [3.05, 3.63) is 48.0 Å². The summed E-state index contributed by atoms with van der Waals surface area (Å²) in [5.41, 5.74) is -3.64. The maximum atomic E-state index is 13.9. The van der Waals surface area contributed by atoms with Crippen molar-refractivity contribution in [1.82, 2.24) is 0 Å². The second kappa shape index (κ2) is 8.16. The normalized spacial score (nSPS) is 27.3. The summed E-state index contributed by atoms with van der Waals surface area (Å²) in [4.78, 5) is 23.9. The minimum absolute atomic E-state index is 0.284. The van der Waals surface area contributed by atoms with E-state index in [1.807, 2.05) is 0 Å². The molecule has 3 rings (SSSR count). The highest BCUT2D eigenvalue weighted by Gasteiger charge is 2.64. The largest absolute Gasteiger partial charge is 0.459 e. The molecule has 0 saturated carbocycles. The number of methoxy groups -OCH3 is 1. The fourth-order valence-electron chi connectivity index (χ4n) is 3.45. The number of carbonyl (C=O) groups is 2. The van der Waals surface area contributed by atoms with E-state index >= 15 is 0 Å². The molecule has 9 heteroatoms. The second-order valence-electron chi connectivity index (χ2n) is 6.88. The van der Waals surface area contributed by atoms with E-state index in [4.69, 9.17) is 18.9 Å². The Labute approximate surface area is 165 Å². The number of ether oxygens (including phenoxy) is 4. The van der Waals surface area contributed by atoms with Crippen LogP contribution in [0, 0.1) is 0 Å². The molecule has 0 amide bonds. The van der Waals surface area contributed by atoms with Crippen LogP contribution in [0.15, 0.2) is 42.5 Å². The Morgan fingerprint density at radius 2 is 1.90 bits per heavy atom. The summed E-state index contributed by atoms with van der Waals surface area (Å²) in [5, 5.41) is 0. The van der Waals surface area contributed by atoms with E-state index < -0.39 is 42.2 Å². The Morgan fingerprint density at radius 1 is 1.21 bits per heavy atom. The van der Waals surface area contributed by atoms with Gasteiger partial charge in [-0.2, -0.15) is 13.2 Å². The molecule has 1 fully saturated rings. The number of cyclic esters (lactones) is 1. The minimum atomic E-state index is -5.05. The number of halogens is 3. The molecule has 1 aromatic rings. The lowest BCUT2D eigenvalue weighted by atomic mass is 9.92. The predicted octanol–water partition coefficient (Wildman–Crippen LogP) is 3.05. The Morgan fingerprint density at radius 3 is 2.45 bits per heavy atom. The van der Waals surface area contributed by atoms with Crippen molar-refractivity contribution < 1.29 is 41.7 Å². The zero-order valence-electron chi connectivity index (χ0n) is 15.8. The standard InChI is InChI=1S/C20H21F3O6/c1-12(14-8-9-15(28-14)16-10-11-17(24)29-16)27-18(25)19(26-2,20(21,22)23)13-6-4-3-5-7-13/h3-9,12,14-16H,10-11H2,1-2H3/t12?,14-,15+,16+,19+/m1/s1. The molecule has 6 nitrogen and oxygen atoms in total. The number of carbonyl (C=O) groups excluding carboxylic acids is 2. The van der Waals surface area contributed by atoms with E-state index in [9.17, 15) is 22.8 Å². The molecule has 0 spiro atoms. The van der Waals surface area contributed by atoms with E-state index in [1.165, 1.54) is 25.1 Å². The van der Waals surface area contributed by atoms with Crippen molar-refractivity contribution in [1.29, 1.82) is 0 Å². The van der Waals surface area contributed by atoms with Crippen molar-refractivity contribution in [2.75, 3.05) is 7.11 Å². The summed E-state index contributed by atoms with van der Waals surface area (Å²) in [5.74, 6) is -1.91. The van der Waals surface area contributed by atoms with Gasteiger partial charge in [-0.15, -0.1) is 0 Å². The maximum Gasteiger partial charge on any atom is 0.432 e. The number of rotatable bonds is 6. The van der Waals surface area contributed by atoms with Gasteiger partial charge in [0.1, 0.15) is 24.4 Å². The third kappa shape index (κ3) is 4.02. The molecule has 5 atom stereocenters. The number of alkyl halides is 3. The van der Waals surface area contributed by atoms with Crippen LogP contribution in [-0.4, -0.2) is 49.6 Å². The third-order valence-electron chi connectivity index (χ3n) is 5.02. The fourth-order valence-corrected chi connectivity index (χ4v) is 3.45. The van der Waals surface area contributed by atoms with Crippen LogP contribution in [0.3, 0.4) is 0 Å². The summed E-state index contributed by atoms with van der Waals surface area (Å²) in [7, 11) is 0.808. The van der Waals surface area contributed by atoms with Gasteiger partial charge in [0.15, 0.2) is 0 Å². The molecule has 2 heterocycles. The predicted molar refractivity (Wildman–Crippen MR) is 93.7 cm³/mol. The van der Waals surface area contributed by atoms with E-state index in [-0.39, 0.29) is 18.0 Å². The van der Waals surface area contributed by atoms with Crippen LogP contribution in [0.5, 0.6) is 0 Å². The molecule has 2 aliphatic heterocycles. The van der Waals surface area contributed by atoms with Crippen LogP contribution in [0.2, 0.25) is 0 Å². The molecular weight excluding hydrogens is 393 g/mol. The van der Waals surface area contributed by atoms with Crippen LogP contribution < -0.4 is 0 Å². The SMILES string of the molecule is CO[C@](C(=O)OC(C)[C@H]1C=C[C@@H]([C@@H]2CCC(=O)O2)O1)(c1ccccc1)C(F)(F)F. The van der Waals surface area contributed by atoms with Crippen LogP contribution >= 0.6 is 0 Å². The first kappa shape index (κ1) is 21.3. The topological polar surface area (TPSA) is 71.1 Å². The van der Waals surface area contributed by atoms with Crippen molar-refractivity contribution in [3.8, 4) is 0 Å². The van der Waals surface area contributed by atoms with Gasteiger partial charge in [0.2, 0.25) is 0 Å². The second-order valence-corrected chi connectivity index (χ2v) is 6.88. The van der Waals surface area contributed by atoms with Gasteiger partial charge in [-0.05, 0) is 13.3 Å². The average molecular weight is 414 g/mol. The van der Waals surface area contributed by atoms with E-state index in [0.29, 0.717) is 6.42 Å².